The fourth-order valence-electron chi connectivity index (χ4n) is 3.23. The molecule has 0 heterocycles. The van der Waals surface area contributed by atoms with E-state index in [2.05, 4.69) is 49.6 Å². The van der Waals surface area contributed by atoms with Crippen molar-refractivity contribution < 1.29 is 43.7 Å². The Balaban J connectivity index is 0. The first-order valence-corrected chi connectivity index (χ1v) is 8.90. The first kappa shape index (κ1) is 26.8. The maximum absolute atomic E-state index is 8.93. The molecule has 2 aromatic carbocycles. The zero-order chi connectivity index (χ0) is 16.9. The molecule has 0 aromatic heterocycles. The van der Waals surface area contributed by atoms with Crippen molar-refractivity contribution in [2.45, 2.75) is 58.3 Å². The predicted octanol–water partition coefficient (Wildman–Crippen LogP) is 1.74. The van der Waals surface area contributed by atoms with Crippen LogP contribution in [-0.2, 0) is 51.9 Å². The molecule has 0 radical (unpaired) electrons. The number of fused-ring (bicyclic) bond motifs is 2. The molecule has 0 amide bonds. The van der Waals surface area contributed by atoms with Crippen LogP contribution in [0.25, 0.3) is 0 Å². The molecule has 1 nitrogen and oxygen atoms in total. The zero-order valence-electron chi connectivity index (χ0n) is 15.5. The maximum Gasteiger partial charge on any atom is 4.00 e. The molecule has 0 saturated heterocycles. The Labute approximate surface area is 179 Å². The van der Waals surface area contributed by atoms with Gasteiger partial charge in [0, 0.05) is 0 Å². The van der Waals surface area contributed by atoms with Crippen LogP contribution in [0.2, 0.25) is 0 Å². The summed E-state index contributed by atoms with van der Waals surface area (Å²) in [6, 6.07) is 13.4. The van der Waals surface area contributed by atoms with Gasteiger partial charge in [0.25, 0.3) is 0 Å². The smallest absolute Gasteiger partial charge is 1.00 e. The molecular formula is C22H31ClOZr. The first-order valence-electron chi connectivity index (χ1n) is 8.90. The minimum absolute atomic E-state index is 0. The van der Waals surface area contributed by atoms with Crippen molar-refractivity contribution in [1.29, 1.82) is 0 Å². The van der Waals surface area contributed by atoms with Crippen molar-refractivity contribution >= 4 is 0 Å². The van der Waals surface area contributed by atoms with E-state index in [1.165, 1.54) is 51.4 Å². The van der Waals surface area contributed by atoms with Gasteiger partial charge in [0.1, 0.15) is 0 Å². The van der Waals surface area contributed by atoms with Gasteiger partial charge >= 0.3 is 26.2 Å². The van der Waals surface area contributed by atoms with Crippen LogP contribution in [0.4, 0.5) is 0 Å². The predicted molar refractivity (Wildman–Crippen MR) is 99.1 cm³/mol. The van der Waals surface area contributed by atoms with E-state index in [-0.39, 0.29) is 45.2 Å². The summed E-state index contributed by atoms with van der Waals surface area (Å²) in [6.07, 6.45) is 10.9. The van der Waals surface area contributed by atoms with Gasteiger partial charge in [-0.1, -0.05) is 58.3 Å². The molecule has 2 aliphatic carbocycles. The third-order valence-corrected chi connectivity index (χ3v) is 4.30. The van der Waals surface area contributed by atoms with E-state index in [1.54, 1.807) is 29.2 Å². The first-order chi connectivity index (χ1) is 11.3. The molecule has 0 N–H and O–H groups in total. The Morgan fingerprint density at radius 1 is 0.840 bits per heavy atom. The molecule has 0 spiro atoms. The topological polar surface area (TPSA) is 23.1 Å². The van der Waals surface area contributed by atoms with E-state index < -0.39 is 0 Å². The average molecular weight is 438 g/mol. The summed E-state index contributed by atoms with van der Waals surface area (Å²) >= 11 is 0. The Kier molecular flexibility index (Phi) is 18.2. The Bertz CT molecular complexity index is 442. The minimum Gasteiger partial charge on any atom is -1.00 e. The van der Waals surface area contributed by atoms with Gasteiger partial charge in [-0.3, -0.25) is 0 Å². The molecule has 25 heavy (non-hydrogen) atoms. The summed E-state index contributed by atoms with van der Waals surface area (Å²) in [5.41, 5.74) is 6.39. The second-order valence-electron chi connectivity index (χ2n) is 5.86. The standard InChI is InChI=1S/2C9H11.C2H5O.C2H4.ClH.Zr/c2*1-2-5-9-7-3-6-8(9)4-1;1-2-3;1-2;;/h2*3,6-7H,1-2,4-5H2;2H2,1H3;1-2H2;1H;/q3*-1;;;+4/p-1. The van der Waals surface area contributed by atoms with Crippen LogP contribution < -0.4 is 17.5 Å². The van der Waals surface area contributed by atoms with Gasteiger partial charge < -0.3 is 17.5 Å². The van der Waals surface area contributed by atoms with Crippen molar-refractivity contribution in [2.24, 2.45) is 0 Å². The van der Waals surface area contributed by atoms with Crippen LogP contribution in [0, 0.1) is 0 Å². The van der Waals surface area contributed by atoms with Gasteiger partial charge in [-0.25, -0.2) is 12.1 Å². The number of rotatable bonds is 0. The molecule has 0 bridgehead atoms. The van der Waals surface area contributed by atoms with Crippen LogP contribution in [0.5, 0.6) is 0 Å². The van der Waals surface area contributed by atoms with Gasteiger partial charge in [0.15, 0.2) is 0 Å². The van der Waals surface area contributed by atoms with Gasteiger partial charge in [0.2, 0.25) is 0 Å². The fraction of sp³-hybridized carbons (Fsp3) is 0.455. The molecule has 136 valence electrons. The Hall–Kier alpha value is -0.427. The third-order valence-electron chi connectivity index (χ3n) is 4.30. The van der Waals surface area contributed by atoms with Gasteiger partial charge in [-0.2, -0.15) is 46.5 Å². The van der Waals surface area contributed by atoms with E-state index in [9.17, 15) is 0 Å². The van der Waals surface area contributed by atoms with E-state index in [4.69, 9.17) is 5.11 Å². The minimum atomic E-state index is 0. The largest absolute Gasteiger partial charge is 4.00 e. The van der Waals surface area contributed by atoms with Crippen molar-refractivity contribution in [3.05, 3.63) is 71.8 Å². The summed E-state index contributed by atoms with van der Waals surface area (Å²) in [5.74, 6) is 0. The van der Waals surface area contributed by atoms with Crippen LogP contribution >= 0.6 is 0 Å². The molecule has 2 aromatic rings. The molecular weight excluding hydrogens is 407 g/mol. The zero-order valence-corrected chi connectivity index (χ0v) is 18.7. The average Bonchev–Trinajstić information content (AvgIpc) is 3.27. The molecule has 2 aliphatic rings. The van der Waals surface area contributed by atoms with Crippen molar-refractivity contribution in [3.63, 3.8) is 0 Å². The van der Waals surface area contributed by atoms with Crippen molar-refractivity contribution in [3.8, 4) is 0 Å². The molecule has 4 rings (SSSR count). The maximum atomic E-state index is 8.93. The second kappa shape index (κ2) is 17.0. The van der Waals surface area contributed by atoms with Crippen LogP contribution in [0.3, 0.4) is 0 Å². The molecule has 0 unspecified atom stereocenters. The number of aryl methyl sites for hydroxylation is 4. The van der Waals surface area contributed by atoms with Crippen LogP contribution in [0.1, 0.15) is 54.9 Å². The molecule has 0 fully saturated rings. The second-order valence-corrected chi connectivity index (χ2v) is 5.86. The van der Waals surface area contributed by atoms with E-state index >= 15 is 0 Å². The van der Waals surface area contributed by atoms with Gasteiger partial charge in [-0.15, -0.1) is 19.8 Å². The van der Waals surface area contributed by atoms with Crippen LogP contribution in [-0.4, -0.2) is 6.61 Å². The van der Waals surface area contributed by atoms with E-state index in [1.807, 2.05) is 0 Å². The summed E-state index contributed by atoms with van der Waals surface area (Å²) < 4.78 is 0. The van der Waals surface area contributed by atoms with Crippen molar-refractivity contribution in [1.82, 2.24) is 0 Å². The van der Waals surface area contributed by atoms with Gasteiger partial charge in [0.05, 0.1) is 0 Å². The monoisotopic (exact) mass is 436 g/mol. The van der Waals surface area contributed by atoms with E-state index in [0.717, 1.165) is 0 Å². The summed E-state index contributed by atoms with van der Waals surface area (Å²) in [7, 11) is 0. The number of halogens is 1. The molecule has 0 atom stereocenters. The molecule has 0 aliphatic heterocycles. The van der Waals surface area contributed by atoms with E-state index in [0.29, 0.717) is 0 Å². The Morgan fingerprint density at radius 2 is 1.16 bits per heavy atom. The quantitative estimate of drug-likeness (QED) is 0.454. The van der Waals surface area contributed by atoms with Crippen molar-refractivity contribution in [2.75, 3.05) is 6.61 Å². The number of hydrogen-bond donors (Lipinski definition) is 0. The van der Waals surface area contributed by atoms with Gasteiger partial charge in [-0.05, 0) is 0 Å². The summed E-state index contributed by atoms with van der Waals surface area (Å²) in [5, 5.41) is 8.93. The molecule has 3 heteroatoms. The summed E-state index contributed by atoms with van der Waals surface area (Å²) in [6.45, 7) is 7.57. The summed E-state index contributed by atoms with van der Waals surface area (Å²) in [4.78, 5) is 0. The Morgan fingerprint density at radius 3 is 1.48 bits per heavy atom. The van der Waals surface area contributed by atoms with Crippen LogP contribution in [0.15, 0.2) is 49.6 Å². The number of hydrogen-bond acceptors (Lipinski definition) is 1. The molecule has 0 saturated carbocycles. The third kappa shape index (κ3) is 9.73. The normalized spacial score (nSPS) is 13.4. The SMILES string of the molecule is C=C.CC[O-].[Cl-].[Zr+4].c1cc2c([cH-]1)CCCC2.c1cc2c([cH-]1)CCCC2. The fourth-order valence-corrected chi connectivity index (χ4v) is 3.23.